The molecule has 0 aromatic heterocycles. The van der Waals surface area contributed by atoms with Crippen LogP contribution in [0.3, 0.4) is 0 Å². The van der Waals surface area contributed by atoms with Crippen molar-refractivity contribution >= 4 is 5.97 Å². The number of halogens is 1. The molecule has 0 aliphatic carbocycles. The minimum atomic E-state index is -1.53. The lowest BCUT2D eigenvalue weighted by Gasteiger charge is -2.09. The highest BCUT2D eigenvalue weighted by atomic mass is 19.1. The molecule has 0 amide bonds. The molecule has 2 rings (SSSR count). The second-order valence-corrected chi connectivity index (χ2v) is 3.16. The molecule has 0 radical (unpaired) electrons. The van der Waals surface area contributed by atoms with Crippen LogP contribution in [0, 0.1) is 5.82 Å². The molecule has 1 N–H and O–H groups in total. The van der Waals surface area contributed by atoms with Crippen LogP contribution in [0.15, 0.2) is 12.1 Å². The van der Waals surface area contributed by atoms with E-state index in [1.54, 1.807) is 0 Å². The van der Waals surface area contributed by atoms with Crippen molar-refractivity contribution in [2.45, 2.75) is 6.10 Å². The highest BCUT2D eigenvalue weighted by Crippen LogP contribution is 2.37. The van der Waals surface area contributed by atoms with Gasteiger partial charge >= 0.3 is 5.97 Å². The molecule has 5 nitrogen and oxygen atoms in total. The third kappa shape index (κ3) is 1.67. The van der Waals surface area contributed by atoms with Crippen molar-refractivity contribution in [2.75, 3.05) is 13.9 Å². The van der Waals surface area contributed by atoms with E-state index < -0.39 is 17.9 Å². The lowest BCUT2D eigenvalue weighted by atomic mass is 10.1. The van der Waals surface area contributed by atoms with Crippen LogP contribution in [-0.4, -0.2) is 25.0 Å². The number of carbonyl (C=O) groups is 1. The maximum Gasteiger partial charge on any atom is 0.339 e. The van der Waals surface area contributed by atoms with Gasteiger partial charge in [0.1, 0.15) is 0 Å². The summed E-state index contributed by atoms with van der Waals surface area (Å²) in [7, 11) is 1.13. The molecule has 1 aromatic rings. The topological polar surface area (TPSA) is 65.0 Å². The van der Waals surface area contributed by atoms with Gasteiger partial charge in [-0.15, -0.1) is 0 Å². The number of esters is 1. The highest BCUT2D eigenvalue weighted by Gasteiger charge is 2.25. The Kier molecular flexibility index (Phi) is 2.66. The standard InChI is InChI=1S/C10H9FO5/c1-14-10(13)8(12)5-2-6(11)9-7(3-5)15-4-16-9/h2-3,8,12H,4H2,1H3. The lowest BCUT2D eigenvalue weighted by Crippen LogP contribution is -2.13. The summed E-state index contributed by atoms with van der Waals surface area (Å²) >= 11 is 0. The SMILES string of the molecule is COC(=O)C(O)c1cc(F)c2c(c1)OCO2. The molecular weight excluding hydrogens is 219 g/mol. The molecule has 1 atom stereocenters. The van der Waals surface area contributed by atoms with Crippen LogP contribution < -0.4 is 9.47 Å². The first kappa shape index (κ1) is 10.7. The molecule has 86 valence electrons. The van der Waals surface area contributed by atoms with Crippen LogP contribution in [0.1, 0.15) is 11.7 Å². The Hall–Kier alpha value is -1.82. The molecule has 0 spiro atoms. The summed E-state index contributed by atoms with van der Waals surface area (Å²) in [6.07, 6.45) is -1.53. The average molecular weight is 228 g/mol. The maximum atomic E-state index is 13.4. The van der Waals surface area contributed by atoms with Crippen LogP contribution >= 0.6 is 0 Å². The third-order valence-electron chi connectivity index (χ3n) is 2.19. The summed E-state index contributed by atoms with van der Waals surface area (Å²) in [6.45, 7) is -0.0793. The summed E-state index contributed by atoms with van der Waals surface area (Å²) in [5.74, 6) is -1.40. The summed E-state index contributed by atoms with van der Waals surface area (Å²) in [5.41, 5.74) is 0.0635. The van der Waals surface area contributed by atoms with Gasteiger partial charge < -0.3 is 19.3 Å². The van der Waals surface area contributed by atoms with Crippen LogP contribution in [0.2, 0.25) is 0 Å². The van der Waals surface area contributed by atoms with Gasteiger partial charge in [0.15, 0.2) is 17.7 Å². The minimum absolute atomic E-state index is 0.0131. The van der Waals surface area contributed by atoms with Crippen molar-refractivity contribution in [3.63, 3.8) is 0 Å². The van der Waals surface area contributed by atoms with E-state index in [1.807, 2.05) is 0 Å². The molecular formula is C10H9FO5. The second-order valence-electron chi connectivity index (χ2n) is 3.16. The van der Waals surface area contributed by atoms with Crippen molar-refractivity contribution in [1.29, 1.82) is 0 Å². The number of aliphatic hydroxyl groups is 1. The van der Waals surface area contributed by atoms with Crippen molar-refractivity contribution in [2.24, 2.45) is 0 Å². The number of fused-ring (bicyclic) bond motifs is 1. The Labute approximate surface area is 90.3 Å². The van der Waals surface area contributed by atoms with Gasteiger partial charge in [-0.3, -0.25) is 0 Å². The number of ether oxygens (including phenoxy) is 3. The molecule has 16 heavy (non-hydrogen) atoms. The van der Waals surface area contributed by atoms with E-state index in [0.717, 1.165) is 13.2 Å². The number of methoxy groups -OCH3 is 1. The van der Waals surface area contributed by atoms with Crippen molar-refractivity contribution in [3.05, 3.63) is 23.5 Å². The fourth-order valence-electron chi connectivity index (χ4n) is 1.39. The first-order valence-corrected chi connectivity index (χ1v) is 4.48. The van der Waals surface area contributed by atoms with E-state index in [-0.39, 0.29) is 23.9 Å². The first-order chi connectivity index (χ1) is 7.63. The van der Waals surface area contributed by atoms with Gasteiger partial charge in [0.25, 0.3) is 0 Å². The highest BCUT2D eigenvalue weighted by molar-refractivity contribution is 5.76. The van der Waals surface area contributed by atoms with Gasteiger partial charge in [-0.05, 0) is 17.7 Å². The summed E-state index contributed by atoms with van der Waals surface area (Å²) in [4.78, 5) is 11.1. The summed E-state index contributed by atoms with van der Waals surface area (Å²) in [5, 5.41) is 9.51. The Morgan fingerprint density at radius 3 is 3.00 bits per heavy atom. The zero-order valence-electron chi connectivity index (χ0n) is 8.40. The van der Waals surface area contributed by atoms with Gasteiger partial charge in [0.2, 0.25) is 12.5 Å². The zero-order valence-corrected chi connectivity index (χ0v) is 8.40. The largest absolute Gasteiger partial charge is 0.467 e. The smallest absolute Gasteiger partial charge is 0.339 e. The molecule has 1 aromatic carbocycles. The Morgan fingerprint density at radius 1 is 1.56 bits per heavy atom. The van der Waals surface area contributed by atoms with E-state index in [4.69, 9.17) is 9.47 Å². The lowest BCUT2D eigenvalue weighted by molar-refractivity contribution is -0.150. The van der Waals surface area contributed by atoms with Gasteiger partial charge in [-0.25, -0.2) is 9.18 Å². The monoisotopic (exact) mass is 228 g/mol. The molecule has 0 bridgehead atoms. The van der Waals surface area contributed by atoms with E-state index in [2.05, 4.69) is 4.74 Å². The van der Waals surface area contributed by atoms with E-state index in [0.29, 0.717) is 0 Å². The average Bonchev–Trinajstić information content (AvgIpc) is 2.75. The van der Waals surface area contributed by atoms with Crippen molar-refractivity contribution in [3.8, 4) is 11.5 Å². The number of rotatable bonds is 2. The number of hydrogen-bond acceptors (Lipinski definition) is 5. The maximum absolute atomic E-state index is 13.4. The van der Waals surface area contributed by atoms with Gasteiger partial charge in [0, 0.05) is 0 Å². The number of benzene rings is 1. The van der Waals surface area contributed by atoms with E-state index in [9.17, 15) is 14.3 Å². The quantitative estimate of drug-likeness (QED) is 0.757. The van der Waals surface area contributed by atoms with E-state index in [1.165, 1.54) is 6.07 Å². The van der Waals surface area contributed by atoms with Crippen molar-refractivity contribution in [1.82, 2.24) is 0 Å². The molecule has 0 fully saturated rings. The fraction of sp³-hybridized carbons (Fsp3) is 0.300. The minimum Gasteiger partial charge on any atom is -0.467 e. The van der Waals surface area contributed by atoms with E-state index >= 15 is 0 Å². The molecule has 1 aliphatic rings. The fourth-order valence-corrected chi connectivity index (χ4v) is 1.39. The number of aliphatic hydroxyl groups excluding tert-OH is 1. The van der Waals surface area contributed by atoms with Crippen LogP contribution in [0.25, 0.3) is 0 Å². The van der Waals surface area contributed by atoms with Gasteiger partial charge in [0.05, 0.1) is 7.11 Å². The predicted octanol–water partition coefficient (Wildman–Crippen LogP) is 0.761. The number of hydrogen-bond donors (Lipinski definition) is 1. The Bertz CT molecular complexity index is 431. The zero-order chi connectivity index (χ0) is 11.7. The molecule has 0 saturated heterocycles. The van der Waals surface area contributed by atoms with Crippen molar-refractivity contribution < 1.29 is 28.5 Å². The molecule has 6 heteroatoms. The Morgan fingerprint density at radius 2 is 2.31 bits per heavy atom. The molecule has 0 saturated carbocycles. The van der Waals surface area contributed by atoms with Gasteiger partial charge in [-0.1, -0.05) is 0 Å². The molecule has 1 heterocycles. The predicted molar refractivity (Wildman–Crippen MR) is 49.5 cm³/mol. The normalized spacial score (nSPS) is 14.7. The van der Waals surface area contributed by atoms with Crippen LogP contribution in [0.5, 0.6) is 11.5 Å². The van der Waals surface area contributed by atoms with Gasteiger partial charge in [-0.2, -0.15) is 0 Å². The number of carbonyl (C=O) groups excluding carboxylic acids is 1. The third-order valence-corrected chi connectivity index (χ3v) is 2.19. The Balaban J connectivity index is 2.36. The van der Waals surface area contributed by atoms with Crippen LogP contribution in [0.4, 0.5) is 4.39 Å². The molecule has 1 aliphatic heterocycles. The van der Waals surface area contributed by atoms with Crippen LogP contribution in [-0.2, 0) is 9.53 Å². The second kappa shape index (κ2) is 3.97. The first-order valence-electron chi connectivity index (χ1n) is 4.48. The molecule has 1 unspecified atom stereocenters. The summed E-state index contributed by atoms with van der Waals surface area (Å²) < 4.78 is 27.6. The summed E-state index contributed by atoms with van der Waals surface area (Å²) in [6, 6.07) is 2.35.